The fraction of sp³-hybridized carbons (Fsp3) is 0.353. The zero-order chi connectivity index (χ0) is 19.8. The number of rotatable bonds is 5. The van der Waals surface area contributed by atoms with Gasteiger partial charge in [0.25, 0.3) is 0 Å². The summed E-state index contributed by atoms with van der Waals surface area (Å²) in [5, 5.41) is 23.5. The van der Waals surface area contributed by atoms with Crippen LogP contribution in [0, 0.1) is 0 Å². The van der Waals surface area contributed by atoms with Gasteiger partial charge in [0.15, 0.2) is 17.0 Å². The Labute approximate surface area is 174 Å². The highest BCUT2D eigenvalue weighted by Crippen LogP contribution is 2.38. The van der Waals surface area contributed by atoms with Gasteiger partial charge in [0.2, 0.25) is 5.28 Å². The van der Waals surface area contributed by atoms with Gasteiger partial charge >= 0.3 is 0 Å². The van der Waals surface area contributed by atoms with Crippen LogP contribution < -0.4 is 10.1 Å². The fourth-order valence-electron chi connectivity index (χ4n) is 3.09. The van der Waals surface area contributed by atoms with Crippen molar-refractivity contribution >= 4 is 51.9 Å². The summed E-state index contributed by atoms with van der Waals surface area (Å²) < 4.78 is 7.07. The number of ether oxygens (including phenoxy) is 1. The smallest absolute Gasteiger partial charge is 0.226 e. The molecule has 148 valence electrons. The Morgan fingerprint density at radius 3 is 2.86 bits per heavy atom. The summed E-state index contributed by atoms with van der Waals surface area (Å²) in [6.45, 7) is 0.387. The number of methoxy groups -OCH3 is 1. The Kier molecular flexibility index (Phi) is 5.52. The normalized spacial score (nSPS) is 22.0. The number of benzene rings is 1. The average molecular weight is 442 g/mol. The maximum atomic E-state index is 10.2. The zero-order valence-electron chi connectivity index (χ0n) is 14.7. The molecule has 0 radical (unpaired) electrons. The summed E-state index contributed by atoms with van der Waals surface area (Å²) in [5.74, 6) is 1.58. The summed E-state index contributed by atoms with van der Waals surface area (Å²) >= 11 is 13.6. The van der Waals surface area contributed by atoms with Crippen molar-refractivity contribution in [1.82, 2.24) is 19.5 Å². The van der Waals surface area contributed by atoms with E-state index in [1.54, 1.807) is 36.2 Å². The van der Waals surface area contributed by atoms with E-state index in [9.17, 15) is 10.2 Å². The minimum Gasteiger partial charge on any atom is -0.496 e. The van der Waals surface area contributed by atoms with Crippen LogP contribution in [-0.4, -0.2) is 54.8 Å². The first-order valence-electron chi connectivity index (χ1n) is 8.42. The van der Waals surface area contributed by atoms with Crippen LogP contribution in [-0.2, 0) is 6.54 Å². The topological polar surface area (TPSA) is 105 Å². The number of halogens is 2. The lowest BCUT2D eigenvalue weighted by atomic mass is 10.2. The first-order valence-corrected chi connectivity index (χ1v) is 10.2. The summed E-state index contributed by atoms with van der Waals surface area (Å²) in [6.07, 6.45) is -0.138. The maximum Gasteiger partial charge on any atom is 0.226 e. The molecule has 28 heavy (non-hydrogen) atoms. The predicted molar refractivity (Wildman–Crippen MR) is 109 cm³/mol. The molecule has 1 saturated heterocycles. The molecule has 0 spiro atoms. The van der Waals surface area contributed by atoms with Crippen LogP contribution in [0.5, 0.6) is 5.75 Å². The van der Waals surface area contributed by atoms with Gasteiger partial charge in [-0.1, -0.05) is 11.6 Å². The standard InChI is InChI=1S/C17H17Cl2N5O3S/c1-27-11-3-2-9(18)4-8(11)5-20-14-12-15(23-17(19)22-14)24(7-21-12)16-13(26)10(25)6-28-16/h2-4,7,10,13,16,25-26H,5-6H2,1H3,(H,20,22,23)/t10-,13-,16-/m1/s1. The van der Waals surface area contributed by atoms with E-state index >= 15 is 0 Å². The van der Waals surface area contributed by atoms with Crippen molar-refractivity contribution in [3.8, 4) is 5.75 Å². The minimum atomic E-state index is -0.914. The van der Waals surface area contributed by atoms with Gasteiger partial charge in [-0.3, -0.25) is 4.57 Å². The third-order valence-corrected chi connectivity index (χ3v) is 6.27. The molecule has 3 heterocycles. The van der Waals surface area contributed by atoms with E-state index in [2.05, 4.69) is 20.3 Å². The van der Waals surface area contributed by atoms with Crippen LogP contribution in [0.2, 0.25) is 10.3 Å². The van der Waals surface area contributed by atoms with E-state index in [0.717, 1.165) is 5.56 Å². The second-order valence-electron chi connectivity index (χ2n) is 6.26. The number of aromatic nitrogens is 4. The van der Waals surface area contributed by atoms with E-state index in [1.165, 1.54) is 11.8 Å². The summed E-state index contributed by atoms with van der Waals surface area (Å²) in [7, 11) is 1.59. The molecule has 3 aromatic rings. The number of aliphatic hydroxyl groups excluding tert-OH is 2. The molecule has 3 atom stereocenters. The molecule has 0 amide bonds. The largest absolute Gasteiger partial charge is 0.496 e. The van der Waals surface area contributed by atoms with E-state index in [4.69, 9.17) is 27.9 Å². The molecule has 1 fully saturated rings. The molecule has 0 aliphatic carbocycles. The highest BCUT2D eigenvalue weighted by atomic mass is 35.5. The van der Waals surface area contributed by atoms with Crippen LogP contribution in [0.15, 0.2) is 24.5 Å². The zero-order valence-corrected chi connectivity index (χ0v) is 17.0. The van der Waals surface area contributed by atoms with Gasteiger partial charge in [-0.2, -0.15) is 9.97 Å². The second kappa shape index (κ2) is 7.92. The van der Waals surface area contributed by atoms with Crippen LogP contribution >= 0.6 is 35.0 Å². The number of imidazole rings is 1. The van der Waals surface area contributed by atoms with Crippen molar-refractivity contribution in [1.29, 1.82) is 0 Å². The van der Waals surface area contributed by atoms with Crippen LogP contribution in [0.1, 0.15) is 10.9 Å². The first kappa shape index (κ1) is 19.5. The van der Waals surface area contributed by atoms with Gasteiger partial charge in [-0.25, -0.2) is 4.98 Å². The number of fused-ring (bicyclic) bond motifs is 1. The first-order chi connectivity index (χ1) is 13.5. The molecule has 1 aliphatic rings. The van der Waals surface area contributed by atoms with Crippen LogP contribution in [0.4, 0.5) is 5.82 Å². The van der Waals surface area contributed by atoms with E-state index in [1.807, 2.05) is 0 Å². The Bertz CT molecular complexity index is 1020. The predicted octanol–water partition coefficient (Wildman–Crippen LogP) is 2.72. The third-order valence-electron chi connectivity index (χ3n) is 4.48. The highest BCUT2D eigenvalue weighted by molar-refractivity contribution is 7.99. The molecule has 3 N–H and O–H groups in total. The number of nitrogens with one attached hydrogen (secondary N) is 1. The number of nitrogens with zero attached hydrogens (tertiary/aromatic N) is 4. The van der Waals surface area contributed by atoms with E-state index in [0.29, 0.717) is 40.1 Å². The molecule has 2 aromatic heterocycles. The lowest BCUT2D eigenvalue weighted by molar-refractivity contribution is 0.0313. The number of thioether (sulfide) groups is 1. The maximum absolute atomic E-state index is 10.2. The van der Waals surface area contributed by atoms with Crippen molar-refractivity contribution in [3.63, 3.8) is 0 Å². The Hall–Kier alpha value is -1.78. The Balaban J connectivity index is 1.66. The summed E-state index contributed by atoms with van der Waals surface area (Å²) in [4.78, 5) is 12.9. The lowest BCUT2D eigenvalue weighted by Crippen LogP contribution is -2.27. The van der Waals surface area contributed by atoms with E-state index in [-0.39, 0.29) is 5.28 Å². The summed E-state index contributed by atoms with van der Waals surface area (Å²) in [6, 6.07) is 5.35. The fourth-order valence-corrected chi connectivity index (χ4v) is 4.74. The van der Waals surface area contributed by atoms with Gasteiger partial charge in [-0.05, 0) is 29.8 Å². The van der Waals surface area contributed by atoms with Crippen molar-refractivity contribution < 1.29 is 14.9 Å². The highest BCUT2D eigenvalue weighted by Gasteiger charge is 2.36. The summed E-state index contributed by atoms with van der Waals surface area (Å²) in [5.41, 5.74) is 1.84. The number of anilines is 1. The molecule has 1 aromatic carbocycles. The molecule has 8 nitrogen and oxygen atoms in total. The Morgan fingerprint density at radius 1 is 1.32 bits per heavy atom. The lowest BCUT2D eigenvalue weighted by Gasteiger charge is -2.17. The SMILES string of the molecule is COc1ccc(Cl)cc1CNc1nc(Cl)nc2c1ncn2[C@@H]1SC[C@@H](O)[C@H]1O. The molecule has 0 bridgehead atoms. The van der Waals surface area contributed by atoms with Crippen LogP contribution in [0.3, 0.4) is 0 Å². The average Bonchev–Trinajstić information content (AvgIpc) is 3.23. The van der Waals surface area contributed by atoms with Crippen molar-refractivity contribution in [2.24, 2.45) is 0 Å². The number of hydrogen-bond donors (Lipinski definition) is 3. The molecule has 0 saturated carbocycles. The van der Waals surface area contributed by atoms with Crippen LogP contribution in [0.25, 0.3) is 11.2 Å². The molecule has 11 heteroatoms. The van der Waals surface area contributed by atoms with Gasteiger partial charge < -0.3 is 20.3 Å². The van der Waals surface area contributed by atoms with Gasteiger partial charge in [-0.15, -0.1) is 11.8 Å². The minimum absolute atomic E-state index is 0.0489. The quantitative estimate of drug-likeness (QED) is 0.518. The molecular weight excluding hydrogens is 425 g/mol. The third kappa shape index (κ3) is 3.60. The monoisotopic (exact) mass is 441 g/mol. The number of hydrogen-bond acceptors (Lipinski definition) is 8. The van der Waals surface area contributed by atoms with Gasteiger partial charge in [0.1, 0.15) is 17.2 Å². The number of aliphatic hydroxyl groups is 2. The van der Waals surface area contributed by atoms with Crippen molar-refractivity contribution in [3.05, 3.63) is 40.4 Å². The molecule has 1 aliphatic heterocycles. The molecule has 4 rings (SSSR count). The second-order valence-corrected chi connectivity index (χ2v) is 8.18. The molecule has 0 unspecified atom stereocenters. The van der Waals surface area contributed by atoms with Gasteiger partial charge in [0.05, 0.1) is 19.5 Å². The molecular formula is C17H17Cl2N5O3S. The van der Waals surface area contributed by atoms with E-state index < -0.39 is 17.6 Å². The Morgan fingerprint density at radius 2 is 2.14 bits per heavy atom. The van der Waals surface area contributed by atoms with Crippen molar-refractivity contribution in [2.45, 2.75) is 24.1 Å². The van der Waals surface area contributed by atoms with Gasteiger partial charge in [0, 0.05) is 22.9 Å². The van der Waals surface area contributed by atoms with Crippen molar-refractivity contribution in [2.75, 3.05) is 18.2 Å².